The average Bonchev–Trinajstić information content (AvgIpc) is 2.55. The van der Waals surface area contributed by atoms with Crippen LogP contribution in [0.25, 0.3) is 11.1 Å². The summed E-state index contributed by atoms with van der Waals surface area (Å²) in [5.41, 5.74) is 12.2. The maximum atomic E-state index is 11.4. The smallest absolute Gasteiger partial charge is 0.209 e. The van der Waals surface area contributed by atoms with Gasteiger partial charge < -0.3 is 16.1 Å². The van der Waals surface area contributed by atoms with Gasteiger partial charge in [0.05, 0.1) is 5.69 Å². The SMILES string of the molecule is CC(=O)c1ccc(NN)c(-c2ccc(N)cc2)c1.CN(C)C=O. The Bertz CT molecular complexity index is 667. The number of Topliss-reactive ketones (excluding diaryl/α,β-unsaturated/α-hetero) is 1. The summed E-state index contributed by atoms with van der Waals surface area (Å²) in [6, 6.07) is 12.8. The lowest BCUT2D eigenvalue weighted by molar-refractivity contribution is -0.115. The Morgan fingerprint density at radius 3 is 2.13 bits per heavy atom. The molecule has 0 saturated heterocycles. The highest BCUT2D eigenvalue weighted by Gasteiger charge is 2.08. The predicted octanol–water partition coefficient (Wildman–Crippen LogP) is 2.13. The summed E-state index contributed by atoms with van der Waals surface area (Å²) in [6.07, 6.45) is 0.750. The molecule has 0 aliphatic rings. The molecule has 23 heavy (non-hydrogen) atoms. The van der Waals surface area contributed by atoms with E-state index < -0.39 is 0 Å². The first-order chi connectivity index (χ1) is 10.9. The van der Waals surface area contributed by atoms with E-state index in [2.05, 4.69) is 5.43 Å². The maximum absolute atomic E-state index is 11.4. The first kappa shape index (κ1) is 18.2. The summed E-state index contributed by atoms with van der Waals surface area (Å²) in [5.74, 6) is 5.51. The molecule has 1 amide bonds. The van der Waals surface area contributed by atoms with Crippen molar-refractivity contribution in [3.05, 3.63) is 48.0 Å². The van der Waals surface area contributed by atoms with Gasteiger partial charge >= 0.3 is 0 Å². The highest BCUT2D eigenvalue weighted by molar-refractivity contribution is 5.97. The maximum Gasteiger partial charge on any atom is 0.209 e. The molecule has 0 bridgehead atoms. The van der Waals surface area contributed by atoms with Gasteiger partial charge in [0.15, 0.2) is 5.78 Å². The minimum absolute atomic E-state index is 0.0234. The van der Waals surface area contributed by atoms with Crippen molar-refractivity contribution < 1.29 is 9.59 Å². The number of carbonyl (C=O) groups is 2. The molecule has 5 N–H and O–H groups in total. The van der Waals surface area contributed by atoms with Crippen molar-refractivity contribution in [2.75, 3.05) is 25.3 Å². The van der Waals surface area contributed by atoms with Crippen LogP contribution >= 0.6 is 0 Å². The van der Waals surface area contributed by atoms with Crippen LogP contribution in [0.15, 0.2) is 42.5 Å². The molecule has 6 heteroatoms. The number of nitrogens with one attached hydrogen (secondary N) is 1. The van der Waals surface area contributed by atoms with E-state index in [-0.39, 0.29) is 5.78 Å². The van der Waals surface area contributed by atoms with Crippen molar-refractivity contribution in [3.63, 3.8) is 0 Å². The number of hydrogen-bond donors (Lipinski definition) is 3. The lowest BCUT2D eigenvalue weighted by Gasteiger charge is -2.10. The van der Waals surface area contributed by atoms with Gasteiger partial charge in [0.2, 0.25) is 6.41 Å². The molecule has 0 spiro atoms. The van der Waals surface area contributed by atoms with Gasteiger partial charge in [-0.1, -0.05) is 12.1 Å². The molecule has 0 aliphatic carbocycles. The molecule has 0 heterocycles. The highest BCUT2D eigenvalue weighted by atomic mass is 16.1. The second-order valence-electron chi connectivity index (χ2n) is 5.15. The van der Waals surface area contributed by atoms with Crippen molar-refractivity contribution >= 4 is 23.6 Å². The van der Waals surface area contributed by atoms with Crippen LogP contribution < -0.4 is 17.0 Å². The fraction of sp³-hybridized carbons (Fsp3) is 0.176. The third kappa shape index (κ3) is 5.44. The molecular weight excluding hydrogens is 292 g/mol. The standard InChI is InChI=1S/C14H15N3O.C3H7NO/c1-9(18)11-4-7-14(17-16)13(8-11)10-2-5-12(15)6-3-10;1-4(2)3-5/h2-8,17H,15-16H2,1H3;3H,1-2H3. The molecule has 0 saturated carbocycles. The van der Waals surface area contributed by atoms with Crippen LogP contribution in [-0.2, 0) is 4.79 Å². The normalized spacial score (nSPS) is 9.39. The number of benzene rings is 2. The van der Waals surface area contributed by atoms with Crippen LogP contribution in [0, 0.1) is 0 Å². The molecular formula is C17H22N4O2. The highest BCUT2D eigenvalue weighted by Crippen LogP contribution is 2.29. The Kier molecular flexibility index (Phi) is 6.76. The lowest BCUT2D eigenvalue weighted by atomic mass is 9.99. The van der Waals surface area contributed by atoms with Crippen LogP contribution in [0.4, 0.5) is 11.4 Å². The van der Waals surface area contributed by atoms with Gasteiger partial charge in [-0.2, -0.15) is 0 Å². The number of hydrazine groups is 1. The molecule has 2 aromatic rings. The largest absolute Gasteiger partial charge is 0.399 e. The second-order valence-corrected chi connectivity index (χ2v) is 5.15. The minimum atomic E-state index is 0.0234. The van der Waals surface area contributed by atoms with Crippen LogP contribution in [0.2, 0.25) is 0 Å². The van der Waals surface area contributed by atoms with Crippen molar-refractivity contribution in [2.24, 2.45) is 5.84 Å². The Hall–Kier alpha value is -2.86. The number of nitrogens with two attached hydrogens (primary N) is 2. The third-order valence-electron chi connectivity index (χ3n) is 3.01. The topological polar surface area (TPSA) is 101 Å². The van der Waals surface area contributed by atoms with Crippen molar-refractivity contribution in [3.8, 4) is 11.1 Å². The van der Waals surface area contributed by atoms with Gasteiger partial charge in [-0.3, -0.25) is 15.4 Å². The van der Waals surface area contributed by atoms with E-state index >= 15 is 0 Å². The molecule has 0 fully saturated rings. The summed E-state index contributed by atoms with van der Waals surface area (Å²) in [4.78, 5) is 22.3. The quantitative estimate of drug-likeness (QED) is 0.264. The summed E-state index contributed by atoms with van der Waals surface area (Å²) in [6.45, 7) is 1.54. The molecule has 122 valence electrons. The molecule has 2 aromatic carbocycles. The van der Waals surface area contributed by atoms with Crippen molar-refractivity contribution in [1.29, 1.82) is 0 Å². The van der Waals surface area contributed by atoms with Crippen LogP contribution in [-0.4, -0.2) is 31.2 Å². The zero-order chi connectivity index (χ0) is 17.4. The lowest BCUT2D eigenvalue weighted by Crippen LogP contribution is -2.08. The van der Waals surface area contributed by atoms with Gasteiger partial charge in [0.1, 0.15) is 0 Å². The molecule has 0 aromatic heterocycles. The van der Waals surface area contributed by atoms with E-state index in [9.17, 15) is 9.59 Å². The van der Waals surface area contributed by atoms with Crippen LogP contribution in [0.5, 0.6) is 0 Å². The number of amides is 1. The van der Waals surface area contributed by atoms with E-state index in [1.54, 1.807) is 26.2 Å². The zero-order valence-corrected chi connectivity index (χ0v) is 13.5. The monoisotopic (exact) mass is 314 g/mol. The van der Waals surface area contributed by atoms with E-state index in [1.807, 2.05) is 30.3 Å². The van der Waals surface area contributed by atoms with Gasteiger partial charge in [0, 0.05) is 30.9 Å². The number of rotatable bonds is 4. The van der Waals surface area contributed by atoms with Crippen molar-refractivity contribution in [1.82, 2.24) is 4.90 Å². The van der Waals surface area contributed by atoms with E-state index in [0.717, 1.165) is 23.2 Å². The van der Waals surface area contributed by atoms with Crippen LogP contribution in [0.3, 0.4) is 0 Å². The van der Waals surface area contributed by atoms with Gasteiger partial charge in [-0.25, -0.2) is 0 Å². The number of nitrogens with zero attached hydrogens (tertiary/aromatic N) is 1. The summed E-state index contributed by atoms with van der Waals surface area (Å²) >= 11 is 0. The Balaban J connectivity index is 0.000000463. The van der Waals surface area contributed by atoms with E-state index in [1.165, 1.54) is 11.8 Å². The minimum Gasteiger partial charge on any atom is -0.399 e. The number of hydrogen-bond acceptors (Lipinski definition) is 5. The summed E-state index contributed by atoms with van der Waals surface area (Å²) in [7, 11) is 3.38. The van der Waals surface area contributed by atoms with Crippen molar-refractivity contribution in [2.45, 2.75) is 6.92 Å². The number of anilines is 2. The first-order valence-electron chi connectivity index (χ1n) is 6.98. The molecule has 0 radical (unpaired) electrons. The first-order valence-corrected chi connectivity index (χ1v) is 6.98. The fourth-order valence-electron chi connectivity index (χ4n) is 1.79. The average molecular weight is 314 g/mol. The van der Waals surface area contributed by atoms with E-state index in [4.69, 9.17) is 11.6 Å². The summed E-state index contributed by atoms with van der Waals surface area (Å²) in [5, 5.41) is 0. The molecule has 0 aliphatic heterocycles. The predicted molar refractivity (Wildman–Crippen MR) is 93.9 cm³/mol. The van der Waals surface area contributed by atoms with Gasteiger partial charge in [0.25, 0.3) is 0 Å². The fourth-order valence-corrected chi connectivity index (χ4v) is 1.79. The van der Waals surface area contributed by atoms with E-state index in [0.29, 0.717) is 11.3 Å². The van der Waals surface area contributed by atoms with Gasteiger partial charge in [-0.05, 0) is 42.8 Å². The second kappa shape index (κ2) is 8.55. The Morgan fingerprint density at radius 1 is 1.13 bits per heavy atom. The number of nitrogen functional groups attached to an aromatic ring is 2. The molecule has 2 rings (SSSR count). The van der Waals surface area contributed by atoms with Gasteiger partial charge in [-0.15, -0.1) is 0 Å². The Labute approximate surface area is 136 Å². The molecule has 0 atom stereocenters. The molecule has 6 nitrogen and oxygen atoms in total. The number of carbonyl (C=O) groups excluding carboxylic acids is 2. The number of ketones is 1. The summed E-state index contributed by atoms with van der Waals surface area (Å²) < 4.78 is 0. The van der Waals surface area contributed by atoms with Crippen LogP contribution in [0.1, 0.15) is 17.3 Å². The zero-order valence-electron chi connectivity index (χ0n) is 13.5. The Morgan fingerprint density at radius 2 is 1.70 bits per heavy atom. The third-order valence-corrected chi connectivity index (χ3v) is 3.01. The molecule has 0 unspecified atom stereocenters.